The van der Waals surface area contributed by atoms with Crippen LogP contribution in [0.25, 0.3) is 0 Å². The maximum absolute atomic E-state index is 11.7. The zero-order chi connectivity index (χ0) is 13.5. The first-order valence-corrected chi connectivity index (χ1v) is 6.58. The number of rotatable bonds is 4. The van der Waals surface area contributed by atoms with Crippen molar-refractivity contribution in [1.82, 2.24) is 15.5 Å². The van der Waals surface area contributed by atoms with Gasteiger partial charge in [0.1, 0.15) is 0 Å². The van der Waals surface area contributed by atoms with Crippen LogP contribution in [0.3, 0.4) is 0 Å². The van der Waals surface area contributed by atoms with E-state index in [-0.39, 0.29) is 12.5 Å². The van der Waals surface area contributed by atoms with Crippen molar-refractivity contribution in [2.45, 2.75) is 32.7 Å². The van der Waals surface area contributed by atoms with Gasteiger partial charge in [0.15, 0.2) is 0 Å². The fourth-order valence-corrected chi connectivity index (χ4v) is 2.23. The van der Waals surface area contributed by atoms with Gasteiger partial charge in [-0.1, -0.05) is 0 Å². The first-order valence-electron chi connectivity index (χ1n) is 6.58. The third kappa shape index (κ3) is 4.62. The highest BCUT2D eigenvalue weighted by Crippen LogP contribution is 2.20. The summed E-state index contributed by atoms with van der Waals surface area (Å²) < 4.78 is 0. The molecule has 1 aliphatic heterocycles. The number of imide groups is 1. The number of urea groups is 1. The van der Waals surface area contributed by atoms with Gasteiger partial charge in [0.25, 0.3) is 0 Å². The van der Waals surface area contributed by atoms with Crippen LogP contribution in [-0.4, -0.2) is 49.1 Å². The first kappa shape index (κ1) is 14.9. The Bertz CT molecular complexity index is 296. The topological polar surface area (TPSA) is 87.5 Å². The summed E-state index contributed by atoms with van der Waals surface area (Å²) in [5, 5.41) is 4.86. The second-order valence-electron chi connectivity index (χ2n) is 4.87. The monoisotopic (exact) mass is 256 g/mol. The Balaban J connectivity index is 2.39. The third-order valence-corrected chi connectivity index (χ3v) is 3.38. The molecule has 0 radical (unpaired) electrons. The van der Waals surface area contributed by atoms with E-state index < -0.39 is 6.03 Å². The molecular formula is C12H24N4O2. The standard InChI is InChI=1S/C12H24N4O2/c1-3-14-12(18)15-11(17)8-16-7-10(6-13)5-4-9(16)2/h9-10H,3-8,13H2,1-2H3,(H2,14,15,17,18). The summed E-state index contributed by atoms with van der Waals surface area (Å²) in [5.74, 6) is 0.198. The molecule has 0 aromatic carbocycles. The lowest BCUT2D eigenvalue weighted by molar-refractivity contribution is -0.122. The molecule has 0 aromatic heterocycles. The first-order chi connectivity index (χ1) is 8.56. The second-order valence-corrected chi connectivity index (χ2v) is 4.87. The van der Waals surface area contributed by atoms with Crippen LogP contribution in [0.2, 0.25) is 0 Å². The fourth-order valence-electron chi connectivity index (χ4n) is 2.23. The van der Waals surface area contributed by atoms with Crippen LogP contribution in [0, 0.1) is 5.92 Å². The van der Waals surface area contributed by atoms with Crippen molar-refractivity contribution in [3.8, 4) is 0 Å². The summed E-state index contributed by atoms with van der Waals surface area (Å²) in [4.78, 5) is 25.0. The van der Waals surface area contributed by atoms with Crippen molar-refractivity contribution in [3.63, 3.8) is 0 Å². The van der Waals surface area contributed by atoms with Gasteiger partial charge in [0, 0.05) is 19.1 Å². The van der Waals surface area contributed by atoms with Gasteiger partial charge >= 0.3 is 6.03 Å². The van der Waals surface area contributed by atoms with E-state index in [0.717, 1.165) is 19.4 Å². The molecule has 1 rings (SSSR count). The van der Waals surface area contributed by atoms with E-state index in [9.17, 15) is 9.59 Å². The average Bonchev–Trinajstić information content (AvgIpc) is 2.32. The van der Waals surface area contributed by atoms with Crippen LogP contribution in [0.4, 0.5) is 4.79 Å². The van der Waals surface area contributed by atoms with Crippen molar-refractivity contribution in [1.29, 1.82) is 0 Å². The zero-order valence-corrected chi connectivity index (χ0v) is 11.2. The third-order valence-electron chi connectivity index (χ3n) is 3.38. The van der Waals surface area contributed by atoms with Crippen LogP contribution in [0.15, 0.2) is 0 Å². The molecule has 0 saturated carbocycles. The molecule has 6 heteroatoms. The molecule has 0 aliphatic carbocycles. The Morgan fingerprint density at radius 2 is 2.11 bits per heavy atom. The van der Waals surface area contributed by atoms with E-state index in [1.165, 1.54) is 0 Å². The molecule has 1 saturated heterocycles. The number of carbonyl (C=O) groups excluding carboxylic acids is 2. The smallest absolute Gasteiger partial charge is 0.321 e. The predicted octanol–water partition coefficient (Wildman–Crippen LogP) is -0.109. The van der Waals surface area contributed by atoms with Crippen LogP contribution in [0.5, 0.6) is 0 Å². The van der Waals surface area contributed by atoms with E-state index in [2.05, 4.69) is 22.5 Å². The van der Waals surface area contributed by atoms with Gasteiger partial charge in [-0.2, -0.15) is 0 Å². The molecule has 104 valence electrons. The van der Waals surface area contributed by atoms with E-state index >= 15 is 0 Å². The number of likely N-dealkylation sites (tertiary alicyclic amines) is 1. The number of hydrogen-bond donors (Lipinski definition) is 3. The lowest BCUT2D eigenvalue weighted by Crippen LogP contribution is -2.50. The summed E-state index contributed by atoms with van der Waals surface area (Å²) in [5.41, 5.74) is 5.67. The Morgan fingerprint density at radius 3 is 2.72 bits per heavy atom. The SMILES string of the molecule is CCNC(=O)NC(=O)CN1CC(CN)CCC1C. The maximum atomic E-state index is 11.7. The van der Waals surface area contributed by atoms with Gasteiger partial charge in [-0.25, -0.2) is 4.79 Å². The predicted molar refractivity (Wildman–Crippen MR) is 70.0 cm³/mol. The minimum Gasteiger partial charge on any atom is -0.338 e. The Hall–Kier alpha value is -1.14. The maximum Gasteiger partial charge on any atom is 0.321 e. The molecule has 1 fully saturated rings. The van der Waals surface area contributed by atoms with Gasteiger partial charge in [-0.15, -0.1) is 0 Å². The summed E-state index contributed by atoms with van der Waals surface area (Å²) in [7, 11) is 0. The Kier molecular flexibility index (Phi) is 6.07. The number of hydrogen-bond acceptors (Lipinski definition) is 4. The number of nitrogens with zero attached hydrogens (tertiary/aromatic N) is 1. The highest BCUT2D eigenvalue weighted by atomic mass is 16.2. The number of amides is 3. The molecule has 18 heavy (non-hydrogen) atoms. The summed E-state index contributed by atoms with van der Waals surface area (Å²) >= 11 is 0. The fraction of sp³-hybridized carbons (Fsp3) is 0.833. The molecular weight excluding hydrogens is 232 g/mol. The lowest BCUT2D eigenvalue weighted by Gasteiger charge is -2.37. The van der Waals surface area contributed by atoms with Crippen molar-refractivity contribution in [2.75, 3.05) is 26.2 Å². The number of carbonyl (C=O) groups is 2. The molecule has 0 spiro atoms. The Morgan fingerprint density at radius 1 is 1.39 bits per heavy atom. The molecule has 6 nitrogen and oxygen atoms in total. The molecule has 1 heterocycles. The molecule has 3 amide bonds. The quantitative estimate of drug-likeness (QED) is 0.655. The van der Waals surface area contributed by atoms with Crippen LogP contribution < -0.4 is 16.4 Å². The highest BCUT2D eigenvalue weighted by Gasteiger charge is 2.26. The summed E-state index contributed by atoms with van der Waals surface area (Å²) in [6.45, 7) is 6.17. The number of piperidine rings is 1. The highest BCUT2D eigenvalue weighted by molar-refractivity contribution is 5.95. The van der Waals surface area contributed by atoms with E-state index in [1.807, 2.05) is 6.92 Å². The molecule has 0 aromatic rings. The van der Waals surface area contributed by atoms with Gasteiger partial charge < -0.3 is 11.1 Å². The van der Waals surface area contributed by atoms with Crippen molar-refractivity contribution in [3.05, 3.63) is 0 Å². The second kappa shape index (κ2) is 7.33. The molecule has 0 bridgehead atoms. The minimum atomic E-state index is -0.428. The van der Waals surface area contributed by atoms with Crippen molar-refractivity contribution >= 4 is 11.9 Å². The Labute approximate surface area is 108 Å². The lowest BCUT2D eigenvalue weighted by atomic mass is 9.93. The van der Waals surface area contributed by atoms with Gasteiger partial charge in [0.2, 0.25) is 5.91 Å². The molecule has 2 unspecified atom stereocenters. The van der Waals surface area contributed by atoms with Gasteiger partial charge in [-0.05, 0) is 39.2 Å². The average molecular weight is 256 g/mol. The number of nitrogens with one attached hydrogen (secondary N) is 2. The summed E-state index contributed by atoms with van der Waals surface area (Å²) in [6, 6.07) is -0.0599. The molecule has 1 aliphatic rings. The minimum absolute atomic E-state index is 0.259. The van der Waals surface area contributed by atoms with Crippen molar-refractivity contribution in [2.24, 2.45) is 11.7 Å². The normalized spacial score (nSPS) is 24.6. The van der Waals surface area contributed by atoms with Crippen molar-refractivity contribution < 1.29 is 9.59 Å². The van der Waals surface area contributed by atoms with E-state index in [1.54, 1.807) is 0 Å². The largest absolute Gasteiger partial charge is 0.338 e. The van der Waals surface area contributed by atoms with Crippen LogP contribution in [-0.2, 0) is 4.79 Å². The van der Waals surface area contributed by atoms with Crippen LogP contribution in [0.1, 0.15) is 26.7 Å². The molecule has 2 atom stereocenters. The zero-order valence-electron chi connectivity index (χ0n) is 11.2. The summed E-state index contributed by atoms with van der Waals surface area (Å²) in [6.07, 6.45) is 2.17. The van der Waals surface area contributed by atoms with Crippen LogP contribution >= 0.6 is 0 Å². The molecule has 4 N–H and O–H groups in total. The number of nitrogens with two attached hydrogens (primary N) is 1. The van der Waals surface area contributed by atoms with Gasteiger partial charge in [0.05, 0.1) is 6.54 Å². The van der Waals surface area contributed by atoms with E-state index in [4.69, 9.17) is 5.73 Å². The van der Waals surface area contributed by atoms with E-state index in [0.29, 0.717) is 25.0 Å². The van der Waals surface area contributed by atoms with Gasteiger partial charge in [-0.3, -0.25) is 15.0 Å².